The summed E-state index contributed by atoms with van der Waals surface area (Å²) < 4.78 is 7.66. The van der Waals surface area contributed by atoms with Gasteiger partial charge in [-0.15, -0.1) is 0 Å². The summed E-state index contributed by atoms with van der Waals surface area (Å²) in [7, 11) is 0. The molecule has 0 radical (unpaired) electrons. The minimum atomic E-state index is -1.04. The molecule has 1 aliphatic heterocycles. The van der Waals surface area contributed by atoms with E-state index in [0.29, 0.717) is 61.2 Å². The summed E-state index contributed by atoms with van der Waals surface area (Å²) in [5, 5.41) is 21.0. The first kappa shape index (κ1) is 31.1. The maximum atomic E-state index is 14.0. The molecule has 0 spiro atoms. The second kappa shape index (κ2) is 11.3. The topological polar surface area (TPSA) is 127 Å². The number of nitrogens with zero attached hydrogens (tertiary/aromatic N) is 2. The van der Waals surface area contributed by atoms with Crippen LogP contribution in [0.1, 0.15) is 70.4 Å². The van der Waals surface area contributed by atoms with E-state index in [2.05, 4.69) is 31.9 Å². The number of halogens is 2. The number of carbonyl (C=O) groups is 3. The summed E-state index contributed by atoms with van der Waals surface area (Å²) >= 11 is 7.20. The zero-order valence-corrected chi connectivity index (χ0v) is 27.5. The number of hydrogen-bond acceptors (Lipinski definition) is 7. The van der Waals surface area contributed by atoms with Gasteiger partial charge in [0.1, 0.15) is 18.9 Å². The lowest BCUT2D eigenvalue weighted by molar-refractivity contribution is -0.384. The van der Waals surface area contributed by atoms with Crippen molar-refractivity contribution in [2.24, 2.45) is 10.8 Å². The molecule has 0 fully saturated rings. The van der Waals surface area contributed by atoms with Gasteiger partial charge >= 0.3 is 5.97 Å². The predicted octanol–water partition coefficient (Wildman–Crippen LogP) is 7.47. The maximum absolute atomic E-state index is 14.0. The zero-order valence-electron chi connectivity index (χ0n) is 24.3. The number of ether oxygens (including phenoxy) is 1. The maximum Gasteiger partial charge on any atom is 0.323 e. The van der Waals surface area contributed by atoms with Crippen molar-refractivity contribution in [3.63, 3.8) is 0 Å². The second-order valence-corrected chi connectivity index (χ2v) is 14.8. The number of carbonyl (C=O) groups excluding carboxylic acids is 2. The highest BCUT2D eigenvalue weighted by molar-refractivity contribution is 9.11. The van der Waals surface area contributed by atoms with Crippen molar-refractivity contribution in [3.8, 4) is 5.75 Å². The molecule has 3 aliphatic rings. The largest absolute Gasteiger partial charge is 0.487 e. The van der Waals surface area contributed by atoms with Crippen LogP contribution in [0, 0.1) is 20.9 Å². The number of hydrogen-bond donors (Lipinski definition) is 1. The first-order valence-electron chi connectivity index (χ1n) is 13.9. The van der Waals surface area contributed by atoms with Crippen LogP contribution in [0.3, 0.4) is 0 Å². The third kappa shape index (κ3) is 6.20. The number of aliphatic carboxylic acids is 1. The van der Waals surface area contributed by atoms with Gasteiger partial charge in [0.2, 0.25) is 0 Å². The molecule has 2 aliphatic carbocycles. The zero-order chi connectivity index (χ0) is 31.4. The van der Waals surface area contributed by atoms with E-state index in [0.717, 1.165) is 0 Å². The number of ketones is 2. The van der Waals surface area contributed by atoms with E-state index >= 15 is 0 Å². The van der Waals surface area contributed by atoms with Gasteiger partial charge in [0.15, 0.2) is 11.6 Å². The van der Waals surface area contributed by atoms with E-state index in [9.17, 15) is 29.6 Å². The SMILES string of the molecule is CC1(C)CC(=O)C2=C(C1)N(CC(=O)O)C1=C(C(=O)CC(C)(C)C1)C2c1cc(Br)cc(Br)c1OCc1ccc([N+](=O)[O-])cc1. The van der Waals surface area contributed by atoms with Crippen LogP contribution in [0.4, 0.5) is 5.69 Å². The fraction of sp³-hybridized carbons (Fsp3) is 0.406. The van der Waals surface area contributed by atoms with Crippen LogP contribution in [-0.2, 0) is 21.0 Å². The lowest BCUT2D eigenvalue weighted by Crippen LogP contribution is -2.45. The molecule has 0 saturated carbocycles. The Kier molecular flexibility index (Phi) is 8.19. The highest BCUT2D eigenvalue weighted by atomic mass is 79.9. The first-order chi connectivity index (χ1) is 20.1. The van der Waals surface area contributed by atoms with E-state index in [4.69, 9.17) is 4.74 Å². The van der Waals surface area contributed by atoms with E-state index in [1.54, 1.807) is 17.0 Å². The van der Waals surface area contributed by atoms with Gasteiger partial charge in [-0.3, -0.25) is 24.5 Å². The molecule has 0 bridgehead atoms. The molecule has 1 N–H and O–H groups in total. The summed E-state index contributed by atoms with van der Waals surface area (Å²) in [4.78, 5) is 52.6. The Morgan fingerprint density at radius 3 is 2.00 bits per heavy atom. The van der Waals surface area contributed by atoms with Gasteiger partial charge in [-0.25, -0.2) is 0 Å². The molecule has 0 saturated heterocycles. The van der Waals surface area contributed by atoms with Crippen LogP contribution in [0.25, 0.3) is 0 Å². The molecule has 0 atom stereocenters. The lowest BCUT2D eigenvalue weighted by atomic mass is 9.63. The standard InChI is InChI=1S/C32H32Br2N2O7/c1-31(2)11-22-28(24(37)13-31)27(29-23(35(22)15-26(39)40)12-32(3,4)14-25(29)38)20-9-18(33)10-21(34)30(20)43-16-17-5-7-19(8-6-17)36(41)42/h5-10,27H,11-16H2,1-4H3,(H,39,40). The monoisotopic (exact) mass is 714 g/mol. The molecule has 0 unspecified atom stereocenters. The van der Waals surface area contributed by atoms with Crippen molar-refractivity contribution >= 4 is 55.1 Å². The van der Waals surface area contributed by atoms with Gasteiger partial charge in [0.05, 0.1) is 9.40 Å². The Morgan fingerprint density at radius 1 is 0.977 bits per heavy atom. The van der Waals surface area contributed by atoms with Crippen molar-refractivity contribution in [2.75, 3.05) is 6.54 Å². The smallest absolute Gasteiger partial charge is 0.323 e. The van der Waals surface area contributed by atoms with Crippen LogP contribution >= 0.6 is 31.9 Å². The molecule has 0 aromatic heterocycles. The van der Waals surface area contributed by atoms with Crippen molar-refractivity contribution in [2.45, 2.75) is 65.9 Å². The molecule has 0 amide bonds. The molecule has 226 valence electrons. The number of carboxylic acid groups (broad SMARTS) is 1. The quantitative estimate of drug-likeness (QED) is 0.231. The molecule has 2 aromatic rings. The Balaban J connectivity index is 1.71. The third-order valence-corrected chi connectivity index (χ3v) is 9.24. The van der Waals surface area contributed by atoms with Gasteiger partial charge in [-0.05, 0) is 69.4 Å². The Morgan fingerprint density at radius 2 is 1.51 bits per heavy atom. The molecule has 2 aromatic carbocycles. The molecular formula is C32H32Br2N2O7. The fourth-order valence-corrected chi connectivity index (χ4v) is 7.87. The van der Waals surface area contributed by atoms with Crippen molar-refractivity contribution in [1.29, 1.82) is 0 Å². The minimum absolute atomic E-state index is 0.0289. The number of rotatable bonds is 7. The summed E-state index contributed by atoms with van der Waals surface area (Å²) in [5.41, 5.74) is 2.68. The van der Waals surface area contributed by atoms with Crippen LogP contribution < -0.4 is 4.74 Å². The van der Waals surface area contributed by atoms with E-state index < -0.39 is 27.6 Å². The van der Waals surface area contributed by atoms with E-state index in [-0.39, 0.29) is 43.2 Å². The molecule has 5 rings (SSSR count). The van der Waals surface area contributed by atoms with Gasteiger partial charge in [-0.1, -0.05) is 43.6 Å². The first-order valence-corrected chi connectivity index (χ1v) is 15.5. The van der Waals surface area contributed by atoms with Crippen LogP contribution in [0.5, 0.6) is 5.75 Å². The number of nitro groups is 1. The highest BCUT2D eigenvalue weighted by Gasteiger charge is 2.50. The molecule has 1 heterocycles. The van der Waals surface area contributed by atoms with Crippen LogP contribution in [0.2, 0.25) is 0 Å². The third-order valence-electron chi connectivity index (χ3n) is 8.19. The second-order valence-electron chi connectivity index (χ2n) is 13.0. The van der Waals surface area contributed by atoms with Crippen molar-refractivity contribution in [3.05, 3.63) is 89.1 Å². The van der Waals surface area contributed by atoms with Gasteiger partial charge < -0.3 is 14.7 Å². The molecule has 43 heavy (non-hydrogen) atoms. The van der Waals surface area contributed by atoms with Crippen molar-refractivity contribution < 1.29 is 29.2 Å². The summed E-state index contributed by atoms with van der Waals surface area (Å²) in [6.45, 7) is 7.73. The van der Waals surface area contributed by atoms with E-state index in [1.165, 1.54) is 12.1 Å². The number of Topliss-reactive ketones (excluding diaryl/α,β-unsaturated/α-hetero) is 2. The normalized spacial score (nSPS) is 19.7. The Labute approximate surface area is 266 Å². The van der Waals surface area contributed by atoms with E-state index in [1.807, 2.05) is 39.8 Å². The predicted molar refractivity (Wildman–Crippen MR) is 166 cm³/mol. The fourth-order valence-electron chi connectivity index (χ4n) is 6.50. The number of benzene rings is 2. The summed E-state index contributed by atoms with van der Waals surface area (Å²) in [6, 6.07) is 9.73. The average molecular weight is 716 g/mol. The van der Waals surface area contributed by atoms with Gasteiger partial charge in [0, 0.05) is 63.5 Å². The Bertz CT molecular complexity index is 1570. The summed E-state index contributed by atoms with van der Waals surface area (Å²) in [6.07, 6.45) is 1.49. The Hall–Kier alpha value is -3.31. The number of non-ortho nitro benzene ring substituents is 1. The molecular weight excluding hydrogens is 684 g/mol. The highest BCUT2D eigenvalue weighted by Crippen LogP contribution is 2.56. The van der Waals surface area contributed by atoms with Gasteiger partial charge in [0.25, 0.3) is 5.69 Å². The number of carboxylic acids is 1. The lowest BCUT2D eigenvalue weighted by Gasteiger charge is -2.48. The molecule has 11 heteroatoms. The number of allylic oxidation sites excluding steroid dienone is 4. The van der Waals surface area contributed by atoms with Gasteiger partial charge in [-0.2, -0.15) is 0 Å². The minimum Gasteiger partial charge on any atom is -0.487 e. The van der Waals surface area contributed by atoms with Crippen molar-refractivity contribution in [1.82, 2.24) is 4.90 Å². The number of nitro benzene ring substituents is 1. The molecule has 9 nitrogen and oxygen atoms in total. The van der Waals surface area contributed by atoms with Crippen LogP contribution in [-0.4, -0.2) is 39.0 Å². The summed E-state index contributed by atoms with van der Waals surface area (Å²) in [5.74, 6) is -1.59. The average Bonchev–Trinajstić information content (AvgIpc) is 2.87. The van der Waals surface area contributed by atoms with Crippen LogP contribution in [0.15, 0.2) is 67.9 Å².